The van der Waals surface area contributed by atoms with Gasteiger partial charge in [-0.1, -0.05) is 19.9 Å². The summed E-state index contributed by atoms with van der Waals surface area (Å²) in [6.45, 7) is 8.06. The van der Waals surface area contributed by atoms with Crippen LogP contribution in [0.2, 0.25) is 0 Å². The van der Waals surface area contributed by atoms with Gasteiger partial charge in [-0.3, -0.25) is 4.55 Å². The molecule has 1 aliphatic heterocycles. The largest absolute Gasteiger partial charge is 0.522 e. The molecule has 0 fully saturated rings. The highest BCUT2D eigenvalue weighted by Gasteiger charge is 2.44. The van der Waals surface area contributed by atoms with Gasteiger partial charge in [-0.15, -0.1) is 0 Å². The Balaban J connectivity index is 0.000000362. The van der Waals surface area contributed by atoms with E-state index in [0.29, 0.717) is 0 Å². The van der Waals surface area contributed by atoms with Crippen LogP contribution in [0.5, 0.6) is 0 Å². The normalized spacial score (nSPS) is 15.2. The van der Waals surface area contributed by atoms with E-state index in [9.17, 15) is 13.2 Å². The van der Waals surface area contributed by atoms with Gasteiger partial charge < -0.3 is 9.80 Å². The first-order valence-corrected chi connectivity index (χ1v) is 6.90. The summed E-state index contributed by atoms with van der Waals surface area (Å²) in [6.07, 6.45) is 8.57. The lowest BCUT2D eigenvalue weighted by Gasteiger charge is -2.17. The van der Waals surface area contributed by atoms with E-state index in [2.05, 4.69) is 35.7 Å². The molecule has 0 radical (unpaired) electrons. The molecule has 0 saturated carbocycles. The van der Waals surface area contributed by atoms with Crippen molar-refractivity contribution in [2.75, 3.05) is 13.2 Å². The summed E-state index contributed by atoms with van der Waals surface area (Å²) in [5.74, 6) is 0. The van der Waals surface area contributed by atoms with Crippen molar-refractivity contribution in [2.24, 2.45) is 0 Å². The van der Waals surface area contributed by atoms with E-state index < -0.39 is 15.6 Å². The Hall–Kier alpha value is -1.22. The number of halogens is 3. The van der Waals surface area contributed by atoms with Crippen LogP contribution in [0.4, 0.5) is 13.2 Å². The number of unbranched alkanes of at least 4 members (excludes halogenated alkanes) is 1. The summed E-state index contributed by atoms with van der Waals surface area (Å²) in [6, 6.07) is 0. The number of alkyl halides is 3. The lowest BCUT2D eigenvalue weighted by Crippen LogP contribution is -2.22. The van der Waals surface area contributed by atoms with Crippen LogP contribution >= 0.6 is 0 Å². The quantitative estimate of drug-likeness (QED) is 0.638. The lowest BCUT2D eigenvalue weighted by atomic mass is 10.3. The Morgan fingerprint density at radius 2 is 1.95 bits per heavy atom. The molecule has 0 aromatic rings. The fraction of sp³-hybridized carbons (Fsp3) is 0.600. The van der Waals surface area contributed by atoms with Crippen LogP contribution in [0.1, 0.15) is 19.8 Å². The van der Waals surface area contributed by atoms with Crippen LogP contribution in [-0.2, 0) is 10.1 Å². The Bertz CT molecular complexity index is 407. The molecule has 0 aliphatic carbocycles. The van der Waals surface area contributed by atoms with Gasteiger partial charge in [-0.25, -0.2) is 0 Å². The molecule has 0 aromatic heterocycles. The van der Waals surface area contributed by atoms with Gasteiger partial charge in [0.1, 0.15) is 0 Å². The number of rotatable bonds is 4. The first-order valence-electron chi connectivity index (χ1n) is 5.46. The third kappa shape index (κ3) is 7.06. The molecule has 0 saturated heterocycles. The average Bonchev–Trinajstić information content (AvgIpc) is 2.72. The maximum atomic E-state index is 10.7. The van der Waals surface area contributed by atoms with E-state index in [-0.39, 0.29) is 0 Å². The van der Waals surface area contributed by atoms with Gasteiger partial charge in [0.15, 0.2) is 0 Å². The molecule has 0 amide bonds. The summed E-state index contributed by atoms with van der Waals surface area (Å²) in [5, 5.41) is 0. The standard InChI is InChI=1S/C9H16N2.CHF3O3S/c1-3-5-6-11-8-7-10(4-2)9-11;2-1(3,4)8(5,6)7/h4,7-8H,2-3,5-6,9H2,1H3;(H,5,6,7). The summed E-state index contributed by atoms with van der Waals surface area (Å²) < 4.78 is 57.5. The predicted octanol–water partition coefficient (Wildman–Crippen LogP) is 2.37. The van der Waals surface area contributed by atoms with Gasteiger partial charge >= 0.3 is 15.6 Å². The third-order valence-electron chi connectivity index (χ3n) is 2.14. The van der Waals surface area contributed by atoms with Crippen molar-refractivity contribution in [3.05, 3.63) is 25.2 Å². The van der Waals surface area contributed by atoms with Crippen LogP contribution in [0, 0.1) is 0 Å². The highest BCUT2D eigenvalue weighted by atomic mass is 32.2. The van der Waals surface area contributed by atoms with Gasteiger partial charge in [-0.05, 0) is 12.6 Å². The van der Waals surface area contributed by atoms with E-state index >= 15 is 0 Å². The number of hydrogen-bond acceptors (Lipinski definition) is 4. The summed E-state index contributed by atoms with van der Waals surface area (Å²) in [5.41, 5.74) is -5.53. The maximum absolute atomic E-state index is 10.7. The highest BCUT2D eigenvalue weighted by molar-refractivity contribution is 7.86. The molecule has 112 valence electrons. The van der Waals surface area contributed by atoms with Gasteiger partial charge in [-0.2, -0.15) is 21.6 Å². The summed E-state index contributed by atoms with van der Waals surface area (Å²) >= 11 is 0. The van der Waals surface area contributed by atoms with Crippen LogP contribution in [0.25, 0.3) is 0 Å². The third-order valence-corrected chi connectivity index (χ3v) is 2.72. The average molecular weight is 302 g/mol. The molecular weight excluding hydrogens is 285 g/mol. The minimum absolute atomic E-state index is 0.976. The van der Waals surface area contributed by atoms with Crippen molar-refractivity contribution in [3.8, 4) is 0 Å². The smallest absolute Gasteiger partial charge is 0.358 e. The molecule has 5 nitrogen and oxygen atoms in total. The molecule has 1 rings (SSSR count). The van der Waals surface area contributed by atoms with E-state index in [1.165, 1.54) is 12.8 Å². The number of hydrogen-bond donors (Lipinski definition) is 1. The van der Waals surface area contributed by atoms with E-state index in [0.717, 1.165) is 13.2 Å². The van der Waals surface area contributed by atoms with Crippen molar-refractivity contribution in [1.82, 2.24) is 9.80 Å². The van der Waals surface area contributed by atoms with Crippen molar-refractivity contribution < 1.29 is 26.1 Å². The fourth-order valence-electron chi connectivity index (χ4n) is 1.11. The zero-order valence-electron chi connectivity index (χ0n) is 10.5. The molecule has 0 atom stereocenters. The molecule has 0 spiro atoms. The van der Waals surface area contributed by atoms with Crippen LogP contribution < -0.4 is 0 Å². The maximum Gasteiger partial charge on any atom is 0.522 e. The predicted molar refractivity (Wildman–Crippen MR) is 65.3 cm³/mol. The Morgan fingerprint density at radius 1 is 1.42 bits per heavy atom. The van der Waals surface area contributed by atoms with Crippen molar-refractivity contribution in [3.63, 3.8) is 0 Å². The second-order valence-corrected chi connectivity index (χ2v) is 5.14. The first kappa shape index (κ1) is 17.8. The minimum atomic E-state index is -5.84. The minimum Gasteiger partial charge on any atom is -0.358 e. The second kappa shape index (κ2) is 7.39. The van der Waals surface area contributed by atoms with Crippen LogP contribution in [0.3, 0.4) is 0 Å². The first-order chi connectivity index (χ1) is 8.61. The molecule has 0 bridgehead atoms. The van der Waals surface area contributed by atoms with Crippen LogP contribution in [-0.4, -0.2) is 41.5 Å². The molecule has 1 aliphatic rings. The Kier molecular flexibility index (Phi) is 6.91. The lowest BCUT2D eigenvalue weighted by molar-refractivity contribution is -0.0510. The van der Waals surface area contributed by atoms with Gasteiger partial charge in [0.25, 0.3) is 0 Å². The zero-order chi connectivity index (χ0) is 15.1. The van der Waals surface area contributed by atoms with Crippen molar-refractivity contribution in [1.29, 1.82) is 0 Å². The SMILES string of the molecule is C=CN1C=CN(CCCC)C1.O=S(=O)(O)C(F)(F)F. The second-order valence-electron chi connectivity index (χ2n) is 3.72. The van der Waals surface area contributed by atoms with E-state index in [1.807, 2.05) is 6.20 Å². The Labute approximate surface area is 110 Å². The molecule has 9 heteroatoms. The van der Waals surface area contributed by atoms with Crippen LogP contribution in [0.15, 0.2) is 25.2 Å². The molecule has 1 N–H and O–H groups in total. The number of nitrogens with zero attached hydrogens (tertiary/aromatic N) is 2. The van der Waals surface area contributed by atoms with Crippen molar-refractivity contribution >= 4 is 10.1 Å². The molecule has 19 heavy (non-hydrogen) atoms. The highest BCUT2D eigenvalue weighted by Crippen LogP contribution is 2.20. The summed E-state index contributed by atoms with van der Waals surface area (Å²) in [4.78, 5) is 4.38. The molecular formula is C10H17F3N2O3S. The van der Waals surface area contributed by atoms with E-state index in [1.54, 1.807) is 0 Å². The van der Waals surface area contributed by atoms with Gasteiger partial charge in [0.2, 0.25) is 0 Å². The van der Waals surface area contributed by atoms with Crippen molar-refractivity contribution in [2.45, 2.75) is 25.3 Å². The molecule has 1 heterocycles. The molecule has 0 aromatic carbocycles. The van der Waals surface area contributed by atoms with E-state index in [4.69, 9.17) is 13.0 Å². The summed E-state index contributed by atoms with van der Waals surface area (Å²) in [7, 11) is -5.84. The molecule has 0 unspecified atom stereocenters. The monoisotopic (exact) mass is 302 g/mol. The Morgan fingerprint density at radius 3 is 2.26 bits per heavy atom. The zero-order valence-corrected chi connectivity index (χ0v) is 11.3. The topological polar surface area (TPSA) is 60.9 Å². The van der Waals surface area contributed by atoms with Gasteiger partial charge in [0, 0.05) is 18.9 Å². The van der Waals surface area contributed by atoms with Gasteiger partial charge in [0.05, 0.1) is 6.67 Å². The fourth-order valence-corrected chi connectivity index (χ4v) is 1.11.